The SMILES string of the molecule is CC(Cl)CCNC(=O)c1ccc(F)cc1I. The summed E-state index contributed by atoms with van der Waals surface area (Å²) in [5.41, 5.74) is 0.490. The lowest BCUT2D eigenvalue weighted by Gasteiger charge is -2.07. The Balaban J connectivity index is 2.59. The average Bonchev–Trinajstić information content (AvgIpc) is 2.16. The fourth-order valence-electron chi connectivity index (χ4n) is 1.15. The van der Waals surface area contributed by atoms with Crippen LogP contribution in [0, 0.1) is 9.39 Å². The van der Waals surface area contributed by atoms with Gasteiger partial charge in [-0.05, 0) is 54.1 Å². The summed E-state index contributed by atoms with van der Waals surface area (Å²) in [5, 5.41) is 2.77. The Hall–Kier alpha value is -0.360. The maximum absolute atomic E-state index is 12.8. The Kier molecular flexibility index (Phi) is 5.48. The number of amides is 1. The van der Waals surface area contributed by atoms with Crippen LogP contribution in [0.3, 0.4) is 0 Å². The minimum Gasteiger partial charge on any atom is -0.352 e. The molecule has 0 aliphatic carbocycles. The minimum atomic E-state index is -0.338. The van der Waals surface area contributed by atoms with Gasteiger partial charge in [0.25, 0.3) is 5.91 Å². The van der Waals surface area contributed by atoms with E-state index in [1.54, 1.807) is 0 Å². The topological polar surface area (TPSA) is 29.1 Å². The van der Waals surface area contributed by atoms with Crippen LogP contribution in [0.25, 0.3) is 0 Å². The number of hydrogen-bond donors (Lipinski definition) is 1. The van der Waals surface area contributed by atoms with Gasteiger partial charge in [0.1, 0.15) is 5.82 Å². The second-order valence-electron chi connectivity index (χ2n) is 3.45. The summed E-state index contributed by atoms with van der Waals surface area (Å²) in [4.78, 5) is 11.7. The van der Waals surface area contributed by atoms with Crippen molar-refractivity contribution in [3.05, 3.63) is 33.1 Å². The number of carbonyl (C=O) groups is 1. The maximum Gasteiger partial charge on any atom is 0.252 e. The lowest BCUT2D eigenvalue weighted by atomic mass is 10.2. The van der Waals surface area contributed by atoms with Crippen LogP contribution in [0.2, 0.25) is 0 Å². The number of nitrogens with one attached hydrogen (secondary N) is 1. The first-order chi connectivity index (χ1) is 7.50. The number of hydrogen-bond acceptors (Lipinski definition) is 1. The molecule has 0 aliphatic rings. The second-order valence-corrected chi connectivity index (χ2v) is 5.36. The molecule has 1 rings (SSSR count). The van der Waals surface area contributed by atoms with Gasteiger partial charge in [0, 0.05) is 15.5 Å². The van der Waals surface area contributed by atoms with E-state index >= 15 is 0 Å². The molecule has 1 amide bonds. The van der Waals surface area contributed by atoms with Gasteiger partial charge in [-0.1, -0.05) is 0 Å². The van der Waals surface area contributed by atoms with Crippen molar-refractivity contribution in [3.8, 4) is 0 Å². The molecule has 1 atom stereocenters. The molecule has 1 aromatic carbocycles. The van der Waals surface area contributed by atoms with Crippen molar-refractivity contribution in [1.29, 1.82) is 0 Å². The molecule has 2 nitrogen and oxygen atoms in total. The summed E-state index contributed by atoms with van der Waals surface area (Å²) in [7, 11) is 0. The normalized spacial score (nSPS) is 12.2. The van der Waals surface area contributed by atoms with Crippen molar-refractivity contribution in [2.45, 2.75) is 18.7 Å². The molecule has 0 saturated heterocycles. The monoisotopic (exact) mass is 355 g/mol. The van der Waals surface area contributed by atoms with E-state index in [1.165, 1.54) is 18.2 Å². The van der Waals surface area contributed by atoms with Crippen LogP contribution >= 0.6 is 34.2 Å². The molecule has 0 heterocycles. The van der Waals surface area contributed by atoms with Gasteiger partial charge in [-0.25, -0.2) is 4.39 Å². The Bertz CT molecular complexity index is 384. The lowest BCUT2D eigenvalue weighted by Crippen LogP contribution is -2.26. The average molecular weight is 356 g/mol. The molecule has 16 heavy (non-hydrogen) atoms. The highest BCUT2D eigenvalue weighted by Gasteiger charge is 2.10. The molecule has 88 valence electrons. The third-order valence-electron chi connectivity index (χ3n) is 2.00. The predicted molar refractivity (Wildman–Crippen MR) is 71.4 cm³/mol. The van der Waals surface area contributed by atoms with Gasteiger partial charge in [-0.15, -0.1) is 11.6 Å². The van der Waals surface area contributed by atoms with E-state index in [1.807, 2.05) is 29.5 Å². The van der Waals surface area contributed by atoms with Crippen LogP contribution in [0.4, 0.5) is 4.39 Å². The molecule has 0 radical (unpaired) electrons. The summed E-state index contributed by atoms with van der Waals surface area (Å²) in [5.74, 6) is -0.531. The fourth-order valence-corrected chi connectivity index (χ4v) is 1.98. The standard InChI is InChI=1S/C11H12ClFINO/c1-7(12)4-5-15-11(16)9-3-2-8(13)6-10(9)14/h2-3,6-7H,4-5H2,1H3,(H,15,16). The molecule has 0 bridgehead atoms. The van der Waals surface area contributed by atoms with Gasteiger partial charge in [0.05, 0.1) is 5.56 Å². The van der Waals surface area contributed by atoms with Crippen molar-refractivity contribution < 1.29 is 9.18 Å². The van der Waals surface area contributed by atoms with E-state index < -0.39 is 0 Å². The molecule has 1 N–H and O–H groups in total. The van der Waals surface area contributed by atoms with Crippen molar-refractivity contribution in [3.63, 3.8) is 0 Å². The zero-order chi connectivity index (χ0) is 12.1. The summed E-state index contributed by atoms with van der Waals surface area (Å²) in [6.45, 7) is 2.40. The van der Waals surface area contributed by atoms with E-state index in [4.69, 9.17) is 11.6 Å². The summed E-state index contributed by atoms with van der Waals surface area (Å²) >= 11 is 7.70. The number of alkyl halides is 1. The van der Waals surface area contributed by atoms with Crippen molar-refractivity contribution >= 4 is 40.1 Å². The van der Waals surface area contributed by atoms with Crippen LogP contribution in [-0.2, 0) is 0 Å². The molecular formula is C11H12ClFINO. The second kappa shape index (κ2) is 6.39. The molecule has 0 spiro atoms. The van der Waals surface area contributed by atoms with Gasteiger partial charge >= 0.3 is 0 Å². The smallest absolute Gasteiger partial charge is 0.252 e. The van der Waals surface area contributed by atoms with Crippen molar-refractivity contribution in [2.75, 3.05) is 6.54 Å². The molecule has 0 aliphatic heterocycles. The Morgan fingerprint density at radius 1 is 1.62 bits per heavy atom. The molecule has 0 fully saturated rings. The molecular weight excluding hydrogens is 343 g/mol. The van der Waals surface area contributed by atoms with E-state index in [0.29, 0.717) is 22.1 Å². The molecule has 0 saturated carbocycles. The highest BCUT2D eigenvalue weighted by Crippen LogP contribution is 2.13. The van der Waals surface area contributed by atoms with Gasteiger partial charge in [-0.3, -0.25) is 4.79 Å². The maximum atomic E-state index is 12.8. The number of carbonyl (C=O) groups excluding carboxylic acids is 1. The zero-order valence-electron chi connectivity index (χ0n) is 8.77. The zero-order valence-corrected chi connectivity index (χ0v) is 11.7. The van der Waals surface area contributed by atoms with Gasteiger partial charge < -0.3 is 5.32 Å². The third-order valence-corrected chi connectivity index (χ3v) is 3.11. The Morgan fingerprint density at radius 2 is 2.31 bits per heavy atom. The van der Waals surface area contributed by atoms with Gasteiger partial charge in [0.2, 0.25) is 0 Å². The van der Waals surface area contributed by atoms with Crippen molar-refractivity contribution in [1.82, 2.24) is 5.32 Å². The summed E-state index contributed by atoms with van der Waals surface area (Å²) in [6, 6.07) is 4.09. The predicted octanol–water partition coefficient (Wildman–Crippen LogP) is 3.18. The Morgan fingerprint density at radius 3 is 2.88 bits per heavy atom. The van der Waals surface area contributed by atoms with Crippen LogP contribution in [0.15, 0.2) is 18.2 Å². The number of rotatable bonds is 4. The Labute approximate surface area is 113 Å². The molecule has 0 aromatic heterocycles. The molecule has 5 heteroatoms. The van der Waals surface area contributed by atoms with Gasteiger partial charge in [-0.2, -0.15) is 0 Å². The highest BCUT2D eigenvalue weighted by atomic mass is 127. The third kappa shape index (κ3) is 4.25. The van der Waals surface area contributed by atoms with E-state index in [2.05, 4.69) is 5.32 Å². The van der Waals surface area contributed by atoms with Crippen LogP contribution in [0.1, 0.15) is 23.7 Å². The number of benzene rings is 1. The number of halogens is 3. The van der Waals surface area contributed by atoms with E-state index in [9.17, 15) is 9.18 Å². The largest absolute Gasteiger partial charge is 0.352 e. The highest BCUT2D eigenvalue weighted by molar-refractivity contribution is 14.1. The minimum absolute atomic E-state index is 0.0348. The summed E-state index contributed by atoms with van der Waals surface area (Å²) in [6.07, 6.45) is 0.713. The first-order valence-electron chi connectivity index (χ1n) is 4.88. The first-order valence-corrected chi connectivity index (χ1v) is 6.39. The quantitative estimate of drug-likeness (QED) is 0.652. The molecule has 1 unspecified atom stereocenters. The van der Waals surface area contributed by atoms with Crippen LogP contribution in [-0.4, -0.2) is 17.8 Å². The van der Waals surface area contributed by atoms with Crippen LogP contribution in [0.5, 0.6) is 0 Å². The fraction of sp³-hybridized carbons (Fsp3) is 0.364. The lowest BCUT2D eigenvalue weighted by molar-refractivity contribution is 0.0952. The van der Waals surface area contributed by atoms with E-state index in [0.717, 1.165) is 0 Å². The van der Waals surface area contributed by atoms with Crippen LogP contribution < -0.4 is 5.32 Å². The van der Waals surface area contributed by atoms with Crippen molar-refractivity contribution in [2.24, 2.45) is 0 Å². The summed E-state index contributed by atoms with van der Waals surface area (Å²) < 4.78 is 13.4. The van der Waals surface area contributed by atoms with E-state index in [-0.39, 0.29) is 17.1 Å². The van der Waals surface area contributed by atoms with Gasteiger partial charge in [0.15, 0.2) is 0 Å². The first kappa shape index (κ1) is 13.7. The molecule has 1 aromatic rings.